The molecule has 6 heteroatoms. The van der Waals surface area contributed by atoms with Gasteiger partial charge in [-0.05, 0) is 19.3 Å². The van der Waals surface area contributed by atoms with E-state index in [0.717, 1.165) is 19.3 Å². The number of aromatic nitrogens is 2. The van der Waals surface area contributed by atoms with Crippen molar-refractivity contribution >= 4 is 5.91 Å². The average Bonchev–Trinajstić information content (AvgIpc) is 2.75. The quantitative estimate of drug-likeness (QED) is 0.834. The fourth-order valence-electron chi connectivity index (χ4n) is 2.03. The summed E-state index contributed by atoms with van der Waals surface area (Å²) in [5.74, 6) is -0.607. The number of amides is 1. The largest absolute Gasteiger partial charge is 0.364 e. The van der Waals surface area contributed by atoms with Crippen molar-refractivity contribution in [1.29, 1.82) is 5.26 Å². The zero-order valence-electron chi connectivity index (χ0n) is 9.43. The molecule has 2 rings (SSSR count). The van der Waals surface area contributed by atoms with Gasteiger partial charge < -0.3 is 15.0 Å². The molecule has 1 amide bonds. The van der Waals surface area contributed by atoms with Crippen LogP contribution in [-0.4, -0.2) is 22.1 Å². The molecule has 0 aliphatic carbocycles. The van der Waals surface area contributed by atoms with Gasteiger partial charge in [-0.2, -0.15) is 5.26 Å². The zero-order valence-corrected chi connectivity index (χ0v) is 9.43. The number of carbonyl (C=O) groups is 1. The molecule has 0 spiro atoms. The highest BCUT2D eigenvalue weighted by atomic mass is 16.5. The van der Waals surface area contributed by atoms with Gasteiger partial charge in [-0.3, -0.25) is 4.79 Å². The third-order valence-corrected chi connectivity index (χ3v) is 2.84. The van der Waals surface area contributed by atoms with Crippen LogP contribution in [0.2, 0.25) is 0 Å². The Hall–Kier alpha value is -1.87. The third kappa shape index (κ3) is 2.29. The monoisotopic (exact) mass is 234 g/mol. The first-order valence-electron chi connectivity index (χ1n) is 5.58. The van der Waals surface area contributed by atoms with E-state index in [0.29, 0.717) is 12.3 Å². The second-order valence-electron chi connectivity index (χ2n) is 3.97. The van der Waals surface area contributed by atoms with Crippen LogP contribution in [-0.2, 0) is 11.2 Å². The number of carbonyl (C=O) groups excluding carboxylic acids is 1. The number of ether oxygens (including phenoxy) is 1. The lowest BCUT2D eigenvalue weighted by atomic mass is 10.1. The molecule has 1 aromatic heterocycles. The number of nitrogens with zero attached hydrogens (tertiary/aromatic N) is 3. The van der Waals surface area contributed by atoms with E-state index in [-0.39, 0.29) is 18.3 Å². The summed E-state index contributed by atoms with van der Waals surface area (Å²) in [4.78, 5) is 15.2. The molecule has 2 N–H and O–H groups in total. The minimum Gasteiger partial charge on any atom is -0.364 e. The standard InChI is InChI=1S/C11H14N4O2/c12-5-4-8-10(11(13)16)14-7-15(8)9-3-1-2-6-17-9/h7,9H,1-4,6H2,(H2,13,16). The highest BCUT2D eigenvalue weighted by Gasteiger charge is 2.22. The Bertz CT molecular complexity index is 455. The Morgan fingerprint density at radius 3 is 3.12 bits per heavy atom. The Morgan fingerprint density at radius 2 is 2.53 bits per heavy atom. The van der Waals surface area contributed by atoms with Crippen molar-refractivity contribution in [1.82, 2.24) is 9.55 Å². The van der Waals surface area contributed by atoms with Crippen molar-refractivity contribution in [2.75, 3.05) is 6.61 Å². The van der Waals surface area contributed by atoms with E-state index < -0.39 is 5.91 Å². The van der Waals surface area contributed by atoms with Gasteiger partial charge in [0.05, 0.1) is 24.5 Å². The molecule has 17 heavy (non-hydrogen) atoms. The van der Waals surface area contributed by atoms with Crippen molar-refractivity contribution in [2.24, 2.45) is 5.73 Å². The van der Waals surface area contributed by atoms with Crippen LogP contribution in [0, 0.1) is 11.3 Å². The first-order valence-corrected chi connectivity index (χ1v) is 5.58. The maximum atomic E-state index is 11.2. The Morgan fingerprint density at radius 1 is 1.71 bits per heavy atom. The SMILES string of the molecule is N#CCc1c(C(N)=O)ncn1C1CCCCO1. The molecular formula is C11H14N4O2. The van der Waals surface area contributed by atoms with Crippen LogP contribution < -0.4 is 5.73 Å². The maximum Gasteiger partial charge on any atom is 0.269 e. The average molecular weight is 234 g/mol. The molecule has 1 aliphatic rings. The Kier molecular flexibility index (Phi) is 3.40. The summed E-state index contributed by atoms with van der Waals surface area (Å²) in [6.07, 6.45) is 4.49. The summed E-state index contributed by atoms with van der Waals surface area (Å²) >= 11 is 0. The van der Waals surface area contributed by atoms with Gasteiger partial charge in [0.1, 0.15) is 11.9 Å². The topological polar surface area (TPSA) is 93.9 Å². The van der Waals surface area contributed by atoms with Crippen LogP contribution >= 0.6 is 0 Å². The summed E-state index contributed by atoms with van der Waals surface area (Å²) in [5.41, 5.74) is 5.94. The maximum absolute atomic E-state index is 11.2. The fourth-order valence-corrected chi connectivity index (χ4v) is 2.03. The summed E-state index contributed by atoms with van der Waals surface area (Å²) < 4.78 is 7.36. The summed E-state index contributed by atoms with van der Waals surface area (Å²) in [7, 11) is 0. The molecule has 1 unspecified atom stereocenters. The van der Waals surface area contributed by atoms with E-state index >= 15 is 0 Å². The smallest absolute Gasteiger partial charge is 0.269 e. The second kappa shape index (κ2) is 4.97. The summed E-state index contributed by atoms with van der Waals surface area (Å²) in [6, 6.07) is 2.02. The highest BCUT2D eigenvalue weighted by molar-refractivity contribution is 5.92. The first-order chi connectivity index (χ1) is 8.24. The molecule has 1 fully saturated rings. The van der Waals surface area contributed by atoms with Gasteiger partial charge in [0.15, 0.2) is 0 Å². The van der Waals surface area contributed by atoms with Gasteiger partial charge >= 0.3 is 0 Å². The lowest BCUT2D eigenvalue weighted by molar-refractivity contribution is -0.0333. The number of rotatable bonds is 3. The van der Waals surface area contributed by atoms with Crippen LogP contribution in [0.1, 0.15) is 41.7 Å². The van der Waals surface area contributed by atoms with Gasteiger partial charge in [-0.25, -0.2) is 4.98 Å². The minimum atomic E-state index is -0.607. The Balaban J connectivity index is 2.32. The number of nitriles is 1. The van der Waals surface area contributed by atoms with E-state index in [1.54, 1.807) is 4.57 Å². The molecule has 1 aromatic rings. The normalized spacial score (nSPS) is 19.8. The first kappa shape index (κ1) is 11.6. The summed E-state index contributed by atoms with van der Waals surface area (Å²) in [6.45, 7) is 0.695. The minimum absolute atomic E-state index is 0.109. The lowest BCUT2D eigenvalue weighted by Gasteiger charge is -2.25. The Labute approximate surface area is 99.0 Å². The molecular weight excluding hydrogens is 220 g/mol. The molecule has 1 saturated heterocycles. The number of hydrogen-bond donors (Lipinski definition) is 1. The van der Waals surface area contributed by atoms with Gasteiger partial charge in [0.25, 0.3) is 5.91 Å². The highest BCUT2D eigenvalue weighted by Crippen LogP contribution is 2.25. The van der Waals surface area contributed by atoms with Crippen LogP contribution in [0.5, 0.6) is 0 Å². The molecule has 1 atom stereocenters. The molecule has 90 valence electrons. The molecule has 6 nitrogen and oxygen atoms in total. The predicted molar refractivity (Wildman–Crippen MR) is 58.9 cm³/mol. The number of imidazole rings is 1. The van der Waals surface area contributed by atoms with Gasteiger partial charge in [-0.15, -0.1) is 0 Å². The van der Waals surface area contributed by atoms with E-state index in [4.69, 9.17) is 15.7 Å². The van der Waals surface area contributed by atoms with Crippen LogP contribution in [0.4, 0.5) is 0 Å². The van der Waals surface area contributed by atoms with Gasteiger partial charge in [0, 0.05) is 6.61 Å². The summed E-state index contributed by atoms with van der Waals surface area (Å²) in [5, 5.41) is 8.78. The third-order valence-electron chi connectivity index (χ3n) is 2.84. The number of primary amides is 1. The second-order valence-corrected chi connectivity index (χ2v) is 3.97. The van der Waals surface area contributed by atoms with E-state index in [9.17, 15) is 4.79 Å². The molecule has 1 aliphatic heterocycles. The number of hydrogen-bond acceptors (Lipinski definition) is 4. The van der Waals surface area contributed by atoms with Crippen molar-refractivity contribution in [3.63, 3.8) is 0 Å². The van der Waals surface area contributed by atoms with Crippen LogP contribution in [0.3, 0.4) is 0 Å². The van der Waals surface area contributed by atoms with Gasteiger partial charge in [0.2, 0.25) is 0 Å². The lowest BCUT2D eigenvalue weighted by Crippen LogP contribution is -2.21. The van der Waals surface area contributed by atoms with Crippen molar-refractivity contribution in [2.45, 2.75) is 31.9 Å². The zero-order chi connectivity index (χ0) is 12.3. The molecule has 0 aromatic carbocycles. The molecule has 2 heterocycles. The molecule has 0 radical (unpaired) electrons. The van der Waals surface area contributed by atoms with Gasteiger partial charge in [-0.1, -0.05) is 0 Å². The van der Waals surface area contributed by atoms with E-state index in [1.807, 2.05) is 6.07 Å². The van der Waals surface area contributed by atoms with E-state index in [1.165, 1.54) is 6.33 Å². The van der Waals surface area contributed by atoms with Crippen molar-refractivity contribution in [3.8, 4) is 6.07 Å². The van der Waals surface area contributed by atoms with Crippen LogP contribution in [0.15, 0.2) is 6.33 Å². The van der Waals surface area contributed by atoms with Crippen molar-refractivity contribution < 1.29 is 9.53 Å². The van der Waals surface area contributed by atoms with Crippen molar-refractivity contribution in [3.05, 3.63) is 17.7 Å². The predicted octanol–water partition coefficient (Wildman–Crippen LogP) is 0.747. The van der Waals surface area contributed by atoms with Crippen LogP contribution in [0.25, 0.3) is 0 Å². The molecule has 0 bridgehead atoms. The van der Waals surface area contributed by atoms with E-state index in [2.05, 4.69) is 4.98 Å². The molecule has 0 saturated carbocycles. The fraction of sp³-hybridized carbons (Fsp3) is 0.545. The number of nitrogens with two attached hydrogens (primary N) is 1.